The van der Waals surface area contributed by atoms with E-state index in [0.717, 1.165) is 18.6 Å². The van der Waals surface area contributed by atoms with Crippen LogP contribution in [0.2, 0.25) is 0 Å². The second-order valence-corrected chi connectivity index (χ2v) is 8.43. The second-order valence-electron chi connectivity index (χ2n) is 8.43. The highest BCUT2D eigenvalue weighted by Crippen LogP contribution is 2.60. The van der Waals surface area contributed by atoms with E-state index >= 15 is 0 Å². The molecule has 2 aliphatic heterocycles. The van der Waals surface area contributed by atoms with Crippen molar-refractivity contribution in [3.05, 3.63) is 29.3 Å². The largest absolute Gasteiger partial charge is 0.469 e. The number of hydrogen-bond donors (Lipinski definition) is 0. The third-order valence-electron chi connectivity index (χ3n) is 7.32. The van der Waals surface area contributed by atoms with Gasteiger partial charge in [-0.05, 0) is 60.4 Å². The summed E-state index contributed by atoms with van der Waals surface area (Å²) in [6.07, 6.45) is 2.01. The maximum Gasteiger partial charge on any atom is 0.310 e. The summed E-state index contributed by atoms with van der Waals surface area (Å²) >= 11 is 0. The first-order valence-electron chi connectivity index (χ1n) is 9.47. The first-order valence-corrected chi connectivity index (χ1v) is 9.47. The first kappa shape index (κ1) is 17.8. The molecule has 4 unspecified atom stereocenters. The second kappa shape index (κ2) is 6.24. The summed E-state index contributed by atoms with van der Waals surface area (Å²) in [4.78, 5) is 14.9. The Balaban J connectivity index is 1.76. The highest BCUT2D eigenvalue weighted by Gasteiger charge is 2.63. The van der Waals surface area contributed by atoms with E-state index in [1.807, 2.05) is 6.07 Å². The molecule has 1 aromatic rings. The van der Waals surface area contributed by atoms with Crippen LogP contribution in [-0.2, 0) is 26.1 Å². The molecule has 3 fully saturated rings. The molecule has 26 heavy (non-hydrogen) atoms. The number of ether oxygens (including phenoxy) is 3. The average molecular weight is 359 g/mol. The van der Waals surface area contributed by atoms with Crippen molar-refractivity contribution >= 4 is 5.97 Å². The average Bonchev–Trinajstić information content (AvgIpc) is 2.63. The molecule has 1 aromatic carbocycles. The number of likely N-dealkylation sites (N-methyl/N-ethyl adjacent to an activating group) is 1. The Labute approximate surface area is 155 Å². The van der Waals surface area contributed by atoms with Gasteiger partial charge in [0.1, 0.15) is 5.75 Å². The molecule has 4 aliphatic rings. The van der Waals surface area contributed by atoms with Crippen LogP contribution in [0.15, 0.2) is 18.2 Å². The molecular weight excluding hydrogens is 330 g/mol. The Morgan fingerprint density at radius 2 is 2.08 bits per heavy atom. The topological polar surface area (TPSA) is 48.0 Å². The zero-order chi connectivity index (χ0) is 18.6. The van der Waals surface area contributed by atoms with Crippen LogP contribution in [0.3, 0.4) is 0 Å². The van der Waals surface area contributed by atoms with Gasteiger partial charge in [0.15, 0.2) is 6.79 Å². The number of hydrogen-bond acceptors (Lipinski definition) is 5. The number of methoxy groups -OCH3 is 2. The molecule has 2 aliphatic carbocycles. The minimum absolute atomic E-state index is 0.0335. The van der Waals surface area contributed by atoms with Crippen molar-refractivity contribution in [1.82, 2.24) is 4.90 Å². The molecule has 0 radical (unpaired) electrons. The van der Waals surface area contributed by atoms with E-state index in [1.54, 1.807) is 7.11 Å². The van der Waals surface area contributed by atoms with Gasteiger partial charge in [-0.15, -0.1) is 0 Å². The lowest BCUT2D eigenvalue weighted by Gasteiger charge is -2.66. The lowest BCUT2D eigenvalue weighted by Crippen LogP contribution is -2.71. The standard InChI is InChI=1S/C21H29NO4/c1-12-18(20(23)25-5)17-10-21(2)15-9-14(26-11-24-4)7-6-13(15)8-16(19(12)21)22(17)3/h6-7,9,12,16-19H,8,10-11H2,1-5H3/t12-,16?,17?,18?,19?,21-/m0/s1. The highest BCUT2D eigenvalue weighted by atomic mass is 16.7. The molecule has 0 N–H and O–H groups in total. The van der Waals surface area contributed by atoms with Crippen LogP contribution in [0.4, 0.5) is 0 Å². The Bertz CT molecular complexity index is 720. The summed E-state index contributed by atoms with van der Waals surface area (Å²) in [6.45, 7) is 4.88. The number of fused-ring (bicyclic) bond motifs is 2. The fourth-order valence-corrected chi connectivity index (χ4v) is 6.30. The molecule has 4 bridgehead atoms. The Morgan fingerprint density at radius 1 is 1.31 bits per heavy atom. The van der Waals surface area contributed by atoms with E-state index in [9.17, 15) is 4.79 Å². The predicted molar refractivity (Wildman–Crippen MR) is 98.1 cm³/mol. The van der Waals surface area contributed by atoms with Gasteiger partial charge >= 0.3 is 5.97 Å². The number of nitrogens with zero attached hydrogens (tertiary/aromatic N) is 1. The van der Waals surface area contributed by atoms with Gasteiger partial charge in [0.2, 0.25) is 0 Å². The Kier molecular flexibility index (Phi) is 4.27. The van der Waals surface area contributed by atoms with Gasteiger partial charge in [0.05, 0.1) is 13.0 Å². The maximum absolute atomic E-state index is 12.5. The van der Waals surface area contributed by atoms with E-state index in [1.165, 1.54) is 18.2 Å². The lowest BCUT2D eigenvalue weighted by atomic mass is 9.46. The van der Waals surface area contributed by atoms with Crippen molar-refractivity contribution in [2.24, 2.45) is 17.8 Å². The molecule has 2 heterocycles. The minimum atomic E-state index is -0.0576. The molecular formula is C21H29NO4. The van der Waals surface area contributed by atoms with Gasteiger partial charge in [0, 0.05) is 19.2 Å². The van der Waals surface area contributed by atoms with Crippen LogP contribution in [0, 0.1) is 17.8 Å². The van der Waals surface area contributed by atoms with Crippen molar-refractivity contribution in [3.63, 3.8) is 0 Å². The summed E-state index contributed by atoms with van der Waals surface area (Å²) in [7, 11) is 5.33. The molecule has 1 saturated carbocycles. The molecule has 6 atom stereocenters. The molecule has 2 saturated heterocycles. The fourth-order valence-electron chi connectivity index (χ4n) is 6.30. The van der Waals surface area contributed by atoms with Gasteiger partial charge < -0.3 is 14.2 Å². The summed E-state index contributed by atoms with van der Waals surface area (Å²) in [5.74, 6) is 1.51. The van der Waals surface area contributed by atoms with Crippen molar-refractivity contribution in [3.8, 4) is 5.75 Å². The number of esters is 1. The van der Waals surface area contributed by atoms with E-state index in [2.05, 4.69) is 37.9 Å². The van der Waals surface area contributed by atoms with Gasteiger partial charge in [-0.3, -0.25) is 9.69 Å². The van der Waals surface area contributed by atoms with Gasteiger partial charge in [-0.2, -0.15) is 0 Å². The predicted octanol–water partition coefficient (Wildman–Crippen LogP) is 2.61. The van der Waals surface area contributed by atoms with Crippen LogP contribution >= 0.6 is 0 Å². The Hall–Kier alpha value is -1.59. The normalized spacial score (nSPS) is 38.0. The van der Waals surface area contributed by atoms with E-state index in [-0.39, 0.29) is 30.1 Å². The molecule has 0 aromatic heterocycles. The van der Waals surface area contributed by atoms with Crippen LogP contribution in [0.25, 0.3) is 0 Å². The SMILES string of the molecule is COCOc1ccc2c(c1)[C@]1(C)CC3C(C(=O)OC)[C@H](C)C1C(C2)N3C. The summed E-state index contributed by atoms with van der Waals surface area (Å²) in [5.41, 5.74) is 2.86. The Morgan fingerprint density at radius 3 is 2.77 bits per heavy atom. The quantitative estimate of drug-likeness (QED) is 0.611. The monoisotopic (exact) mass is 359 g/mol. The molecule has 5 heteroatoms. The highest BCUT2D eigenvalue weighted by molar-refractivity contribution is 5.74. The van der Waals surface area contributed by atoms with Crippen LogP contribution in [0.1, 0.15) is 31.4 Å². The van der Waals surface area contributed by atoms with Crippen molar-refractivity contribution in [2.45, 2.75) is 44.2 Å². The van der Waals surface area contributed by atoms with Gasteiger partial charge in [-0.1, -0.05) is 19.9 Å². The van der Waals surface area contributed by atoms with E-state index in [0.29, 0.717) is 17.9 Å². The van der Waals surface area contributed by atoms with Crippen molar-refractivity contribution < 1.29 is 19.0 Å². The lowest BCUT2D eigenvalue weighted by molar-refractivity contribution is -0.172. The van der Waals surface area contributed by atoms with E-state index < -0.39 is 0 Å². The van der Waals surface area contributed by atoms with Crippen molar-refractivity contribution in [2.75, 3.05) is 28.1 Å². The number of rotatable bonds is 4. The van der Waals surface area contributed by atoms with Crippen LogP contribution in [-0.4, -0.2) is 51.0 Å². The zero-order valence-corrected chi connectivity index (χ0v) is 16.3. The number of piperidine rings is 2. The van der Waals surface area contributed by atoms with E-state index in [4.69, 9.17) is 14.2 Å². The van der Waals surface area contributed by atoms with Gasteiger partial charge in [0.25, 0.3) is 0 Å². The number of benzene rings is 1. The smallest absolute Gasteiger partial charge is 0.310 e. The van der Waals surface area contributed by atoms with Gasteiger partial charge in [-0.25, -0.2) is 0 Å². The zero-order valence-electron chi connectivity index (χ0n) is 16.3. The molecule has 5 rings (SSSR count). The number of carbonyl (C=O) groups excluding carboxylic acids is 1. The van der Waals surface area contributed by atoms with Crippen LogP contribution in [0.5, 0.6) is 5.75 Å². The third kappa shape index (κ3) is 2.33. The molecule has 5 nitrogen and oxygen atoms in total. The number of carbonyl (C=O) groups is 1. The first-order chi connectivity index (χ1) is 12.4. The molecule has 0 amide bonds. The van der Waals surface area contributed by atoms with Crippen molar-refractivity contribution in [1.29, 1.82) is 0 Å². The van der Waals surface area contributed by atoms with Crippen LogP contribution < -0.4 is 4.74 Å². The fraction of sp³-hybridized carbons (Fsp3) is 0.667. The molecule has 0 spiro atoms. The third-order valence-corrected chi connectivity index (χ3v) is 7.32. The summed E-state index contributed by atoms with van der Waals surface area (Å²) in [6, 6.07) is 7.16. The molecule has 142 valence electrons. The maximum atomic E-state index is 12.5. The summed E-state index contributed by atoms with van der Waals surface area (Å²) < 4.78 is 15.9. The summed E-state index contributed by atoms with van der Waals surface area (Å²) in [5, 5.41) is 0. The minimum Gasteiger partial charge on any atom is -0.469 e.